The van der Waals surface area contributed by atoms with Crippen LogP contribution in [-0.4, -0.2) is 33.2 Å². The molecule has 1 aromatic carbocycles. The number of nitrogens with one attached hydrogen (secondary N) is 2. The maximum atomic E-state index is 11.9. The quantitative estimate of drug-likeness (QED) is 0.849. The number of carbonyl (C=O) groups is 1. The standard InChI is InChI=1S/C12H16N2O3S/c1-18(16,17)10-5-2-4-9(8-10)14-12(15)11-6-3-7-13-11/h2,4-5,8,11,13H,3,6-7H2,1H3,(H,14,15). The molecule has 6 heteroatoms. The van der Waals surface area contributed by atoms with E-state index >= 15 is 0 Å². The number of anilines is 1. The Morgan fingerprint density at radius 2 is 2.22 bits per heavy atom. The third-order valence-electron chi connectivity index (χ3n) is 2.91. The van der Waals surface area contributed by atoms with Crippen LogP contribution in [-0.2, 0) is 14.6 Å². The number of benzene rings is 1. The van der Waals surface area contributed by atoms with Gasteiger partial charge in [-0.05, 0) is 37.6 Å². The van der Waals surface area contributed by atoms with Crippen molar-refractivity contribution >= 4 is 21.4 Å². The predicted octanol–water partition coefficient (Wildman–Crippen LogP) is 0.781. The number of amides is 1. The van der Waals surface area contributed by atoms with Crippen LogP contribution in [0.5, 0.6) is 0 Å². The topological polar surface area (TPSA) is 75.3 Å². The van der Waals surface area contributed by atoms with Gasteiger partial charge in [0.05, 0.1) is 10.9 Å². The van der Waals surface area contributed by atoms with Crippen LogP contribution in [0.25, 0.3) is 0 Å². The van der Waals surface area contributed by atoms with E-state index in [9.17, 15) is 13.2 Å². The average Bonchev–Trinajstić information content (AvgIpc) is 2.81. The van der Waals surface area contributed by atoms with Gasteiger partial charge in [-0.2, -0.15) is 0 Å². The van der Waals surface area contributed by atoms with Gasteiger partial charge in [0.1, 0.15) is 0 Å². The van der Waals surface area contributed by atoms with E-state index in [-0.39, 0.29) is 16.8 Å². The Bertz CT molecular complexity index is 548. The molecule has 1 fully saturated rings. The molecule has 1 aliphatic heterocycles. The first-order valence-corrected chi connectivity index (χ1v) is 7.70. The van der Waals surface area contributed by atoms with E-state index in [0.717, 1.165) is 25.6 Å². The van der Waals surface area contributed by atoms with Gasteiger partial charge in [-0.3, -0.25) is 4.79 Å². The molecule has 18 heavy (non-hydrogen) atoms. The molecule has 0 aromatic heterocycles. The second-order valence-corrected chi connectivity index (χ2v) is 6.45. The predicted molar refractivity (Wildman–Crippen MR) is 69.2 cm³/mol. The Balaban J connectivity index is 2.12. The molecule has 1 aromatic rings. The van der Waals surface area contributed by atoms with Gasteiger partial charge in [0.25, 0.3) is 0 Å². The lowest BCUT2D eigenvalue weighted by Crippen LogP contribution is -2.35. The minimum absolute atomic E-state index is 0.113. The molecule has 1 heterocycles. The van der Waals surface area contributed by atoms with Gasteiger partial charge >= 0.3 is 0 Å². The number of carbonyl (C=O) groups excluding carboxylic acids is 1. The maximum Gasteiger partial charge on any atom is 0.241 e. The second-order valence-electron chi connectivity index (χ2n) is 4.44. The first-order chi connectivity index (χ1) is 8.47. The summed E-state index contributed by atoms with van der Waals surface area (Å²) in [6.45, 7) is 0.849. The molecule has 0 spiro atoms. The molecule has 1 aliphatic rings. The number of sulfone groups is 1. The fourth-order valence-electron chi connectivity index (χ4n) is 1.94. The summed E-state index contributed by atoms with van der Waals surface area (Å²) < 4.78 is 22.8. The van der Waals surface area contributed by atoms with Crippen LogP contribution in [0, 0.1) is 0 Å². The molecule has 5 nitrogen and oxygen atoms in total. The highest BCUT2D eigenvalue weighted by Crippen LogP contribution is 2.16. The van der Waals surface area contributed by atoms with E-state index in [2.05, 4.69) is 10.6 Å². The fourth-order valence-corrected chi connectivity index (χ4v) is 2.61. The van der Waals surface area contributed by atoms with Gasteiger partial charge < -0.3 is 10.6 Å². The van der Waals surface area contributed by atoms with Gasteiger partial charge in [-0.15, -0.1) is 0 Å². The highest BCUT2D eigenvalue weighted by Gasteiger charge is 2.22. The van der Waals surface area contributed by atoms with Crippen molar-refractivity contribution in [3.63, 3.8) is 0 Å². The fraction of sp³-hybridized carbons (Fsp3) is 0.417. The zero-order valence-corrected chi connectivity index (χ0v) is 11.0. The molecule has 1 unspecified atom stereocenters. The normalized spacial score (nSPS) is 19.7. The molecular weight excluding hydrogens is 252 g/mol. The molecule has 2 rings (SSSR count). The maximum absolute atomic E-state index is 11.9. The molecule has 0 bridgehead atoms. The minimum Gasteiger partial charge on any atom is -0.325 e. The Morgan fingerprint density at radius 1 is 1.44 bits per heavy atom. The van der Waals surface area contributed by atoms with Crippen LogP contribution >= 0.6 is 0 Å². The Morgan fingerprint density at radius 3 is 2.83 bits per heavy atom. The van der Waals surface area contributed by atoms with E-state index in [1.165, 1.54) is 12.1 Å². The lowest BCUT2D eigenvalue weighted by molar-refractivity contribution is -0.117. The second kappa shape index (κ2) is 5.07. The summed E-state index contributed by atoms with van der Waals surface area (Å²) in [5, 5.41) is 5.82. The molecule has 2 N–H and O–H groups in total. The van der Waals surface area contributed by atoms with Crippen molar-refractivity contribution in [1.82, 2.24) is 5.32 Å². The van der Waals surface area contributed by atoms with Crippen molar-refractivity contribution in [2.45, 2.75) is 23.8 Å². The van der Waals surface area contributed by atoms with Crippen LogP contribution < -0.4 is 10.6 Å². The zero-order valence-electron chi connectivity index (χ0n) is 10.1. The molecule has 1 atom stereocenters. The molecule has 98 valence electrons. The van der Waals surface area contributed by atoms with Gasteiger partial charge in [0.15, 0.2) is 9.84 Å². The summed E-state index contributed by atoms with van der Waals surface area (Å²) in [5.41, 5.74) is 0.511. The monoisotopic (exact) mass is 268 g/mol. The summed E-state index contributed by atoms with van der Waals surface area (Å²) in [7, 11) is -3.25. The number of hydrogen-bond donors (Lipinski definition) is 2. The number of rotatable bonds is 3. The summed E-state index contributed by atoms with van der Waals surface area (Å²) in [6, 6.07) is 6.11. The zero-order chi connectivity index (χ0) is 13.2. The Hall–Kier alpha value is -1.40. The average molecular weight is 268 g/mol. The summed E-state index contributed by atoms with van der Waals surface area (Å²) in [5.74, 6) is -0.113. The van der Waals surface area contributed by atoms with Crippen molar-refractivity contribution in [3.05, 3.63) is 24.3 Å². The van der Waals surface area contributed by atoms with E-state index in [1.807, 2.05) is 0 Å². The Kier molecular flexibility index (Phi) is 3.68. The van der Waals surface area contributed by atoms with Crippen molar-refractivity contribution in [1.29, 1.82) is 0 Å². The van der Waals surface area contributed by atoms with Gasteiger partial charge in [-0.25, -0.2) is 8.42 Å². The van der Waals surface area contributed by atoms with E-state index < -0.39 is 9.84 Å². The molecule has 1 saturated heterocycles. The molecule has 0 aliphatic carbocycles. The first-order valence-electron chi connectivity index (χ1n) is 5.81. The molecule has 0 saturated carbocycles. The van der Waals surface area contributed by atoms with Crippen molar-refractivity contribution in [2.24, 2.45) is 0 Å². The summed E-state index contributed by atoms with van der Waals surface area (Å²) in [4.78, 5) is 12.1. The third kappa shape index (κ3) is 3.08. The first kappa shape index (κ1) is 13.0. The third-order valence-corrected chi connectivity index (χ3v) is 4.02. The molecule has 1 amide bonds. The molecule has 0 radical (unpaired) electrons. The van der Waals surface area contributed by atoms with Crippen molar-refractivity contribution in [3.8, 4) is 0 Å². The summed E-state index contributed by atoms with van der Waals surface area (Å²) >= 11 is 0. The van der Waals surface area contributed by atoms with E-state index in [0.29, 0.717) is 5.69 Å². The van der Waals surface area contributed by atoms with E-state index in [4.69, 9.17) is 0 Å². The lowest BCUT2D eigenvalue weighted by atomic mass is 10.2. The minimum atomic E-state index is -3.25. The van der Waals surface area contributed by atoms with Crippen LogP contribution in [0.3, 0.4) is 0 Å². The highest BCUT2D eigenvalue weighted by molar-refractivity contribution is 7.90. The van der Waals surface area contributed by atoms with Crippen LogP contribution in [0.4, 0.5) is 5.69 Å². The Labute approximate surface area is 107 Å². The van der Waals surface area contributed by atoms with Crippen LogP contribution in [0.2, 0.25) is 0 Å². The highest BCUT2D eigenvalue weighted by atomic mass is 32.2. The van der Waals surface area contributed by atoms with Crippen molar-refractivity contribution in [2.75, 3.05) is 18.1 Å². The SMILES string of the molecule is CS(=O)(=O)c1cccc(NC(=O)C2CCCN2)c1. The smallest absolute Gasteiger partial charge is 0.241 e. The van der Waals surface area contributed by atoms with Gasteiger partial charge in [0, 0.05) is 11.9 Å². The summed E-state index contributed by atoms with van der Waals surface area (Å²) in [6.07, 6.45) is 2.95. The van der Waals surface area contributed by atoms with E-state index in [1.54, 1.807) is 12.1 Å². The lowest BCUT2D eigenvalue weighted by Gasteiger charge is -2.11. The molecular formula is C12H16N2O3S. The van der Waals surface area contributed by atoms with Crippen molar-refractivity contribution < 1.29 is 13.2 Å². The van der Waals surface area contributed by atoms with Crippen LogP contribution in [0.15, 0.2) is 29.2 Å². The largest absolute Gasteiger partial charge is 0.325 e. The number of hydrogen-bond acceptors (Lipinski definition) is 4. The van der Waals surface area contributed by atoms with Crippen LogP contribution in [0.1, 0.15) is 12.8 Å². The van der Waals surface area contributed by atoms with Gasteiger partial charge in [-0.1, -0.05) is 6.07 Å². The van der Waals surface area contributed by atoms with Gasteiger partial charge in [0.2, 0.25) is 5.91 Å².